The molecule has 1 aliphatic carbocycles. The summed E-state index contributed by atoms with van der Waals surface area (Å²) in [6, 6.07) is 11.0. The summed E-state index contributed by atoms with van der Waals surface area (Å²) in [6.45, 7) is 4.37. The minimum atomic E-state index is -2.81. The van der Waals surface area contributed by atoms with E-state index < -0.39 is 12.1 Å². The molecule has 5 rings (SSSR count). The Kier molecular flexibility index (Phi) is 6.41. The van der Waals surface area contributed by atoms with E-state index in [9.17, 15) is 8.78 Å². The van der Waals surface area contributed by atoms with Crippen molar-refractivity contribution in [3.8, 4) is 23.1 Å². The van der Waals surface area contributed by atoms with Gasteiger partial charge in [0.1, 0.15) is 23.7 Å². The molecule has 0 saturated heterocycles. The Labute approximate surface area is 211 Å². The number of aromatic nitrogens is 6. The van der Waals surface area contributed by atoms with Gasteiger partial charge in [0, 0.05) is 23.7 Å². The summed E-state index contributed by atoms with van der Waals surface area (Å²) < 4.78 is 30.4. The summed E-state index contributed by atoms with van der Waals surface area (Å²) in [5.41, 5.74) is 3.20. The Morgan fingerprint density at radius 1 is 1.19 bits per heavy atom. The van der Waals surface area contributed by atoms with E-state index >= 15 is 0 Å². The minimum Gasteiger partial charge on any atom is -0.325 e. The SMILES string of the molecule is CCc1c(-c2ccc(C#N)cc2)nn(CC2CC2)c1Nc1cc(-n2nc(C)c(Cl)c2C(F)F)ncn1. The van der Waals surface area contributed by atoms with Gasteiger partial charge in [-0.25, -0.2) is 28.1 Å². The molecular weight excluding hydrogens is 486 g/mol. The van der Waals surface area contributed by atoms with Gasteiger partial charge in [-0.1, -0.05) is 30.7 Å². The van der Waals surface area contributed by atoms with Crippen molar-refractivity contribution in [1.82, 2.24) is 29.5 Å². The van der Waals surface area contributed by atoms with Gasteiger partial charge in [-0.3, -0.25) is 0 Å². The third-order valence-corrected chi connectivity index (χ3v) is 6.63. The number of anilines is 2. The van der Waals surface area contributed by atoms with Gasteiger partial charge in [0.2, 0.25) is 0 Å². The molecule has 3 aromatic heterocycles. The summed E-state index contributed by atoms with van der Waals surface area (Å²) in [4.78, 5) is 8.47. The summed E-state index contributed by atoms with van der Waals surface area (Å²) in [6.07, 6.45) is 1.49. The molecule has 0 aliphatic heterocycles. The second kappa shape index (κ2) is 9.66. The largest absolute Gasteiger partial charge is 0.325 e. The molecule has 8 nitrogen and oxygen atoms in total. The summed E-state index contributed by atoms with van der Waals surface area (Å²) in [5, 5.41) is 21.5. The van der Waals surface area contributed by atoms with Crippen LogP contribution in [0.5, 0.6) is 0 Å². The van der Waals surface area contributed by atoms with E-state index in [1.165, 1.54) is 6.33 Å². The van der Waals surface area contributed by atoms with Crippen molar-refractivity contribution in [3.05, 3.63) is 64.2 Å². The quantitative estimate of drug-likeness (QED) is 0.313. The monoisotopic (exact) mass is 508 g/mol. The van der Waals surface area contributed by atoms with E-state index in [4.69, 9.17) is 22.0 Å². The smallest absolute Gasteiger partial charge is 0.282 e. The van der Waals surface area contributed by atoms with Gasteiger partial charge in [0.05, 0.1) is 28.0 Å². The lowest BCUT2D eigenvalue weighted by molar-refractivity contribution is 0.142. The first kappa shape index (κ1) is 23.9. The molecule has 1 saturated carbocycles. The van der Waals surface area contributed by atoms with Crippen molar-refractivity contribution >= 4 is 23.2 Å². The number of nitrogens with zero attached hydrogens (tertiary/aromatic N) is 7. The molecule has 0 spiro atoms. The van der Waals surface area contributed by atoms with Crippen molar-refractivity contribution in [2.75, 3.05) is 5.32 Å². The average molecular weight is 509 g/mol. The molecule has 1 N–H and O–H groups in total. The second-order valence-electron chi connectivity index (χ2n) is 8.73. The van der Waals surface area contributed by atoms with E-state index in [0.717, 1.165) is 46.7 Å². The molecule has 1 fully saturated rings. The zero-order chi connectivity index (χ0) is 25.4. The van der Waals surface area contributed by atoms with Crippen molar-refractivity contribution in [3.63, 3.8) is 0 Å². The minimum absolute atomic E-state index is 0.0824. The van der Waals surface area contributed by atoms with Crippen LogP contribution in [0.4, 0.5) is 20.4 Å². The zero-order valence-corrected chi connectivity index (χ0v) is 20.5. The number of nitrogens with one attached hydrogen (secondary N) is 1. The van der Waals surface area contributed by atoms with Crippen molar-refractivity contribution in [2.45, 2.75) is 46.1 Å². The van der Waals surface area contributed by atoms with E-state index in [-0.39, 0.29) is 10.8 Å². The first-order chi connectivity index (χ1) is 17.4. The third-order valence-electron chi connectivity index (χ3n) is 6.16. The van der Waals surface area contributed by atoms with Crippen molar-refractivity contribution in [1.29, 1.82) is 5.26 Å². The molecule has 1 aromatic carbocycles. The van der Waals surface area contributed by atoms with Crippen LogP contribution in [0.25, 0.3) is 17.1 Å². The lowest BCUT2D eigenvalue weighted by Gasteiger charge is -2.12. The molecule has 0 unspecified atom stereocenters. The number of nitriles is 1. The Balaban J connectivity index is 1.55. The van der Waals surface area contributed by atoms with Gasteiger partial charge in [-0.15, -0.1) is 0 Å². The maximum atomic E-state index is 13.7. The standard InChI is InChI=1S/C25H23ClF2N8/c1-3-18-22(17-8-6-15(11-29)7-9-17)34-35(12-16-4-5-16)25(18)32-19-10-20(31-13-30-19)36-23(24(27)28)21(26)14(2)33-36/h6-10,13,16,24H,3-5,12H2,1-2H3,(H,30,31,32). The van der Waals surface area contributed by atoms with Crippen LogP contribution in [0, 0.1) is 24.2 Å². The number of benzene rings is 1. The molecule has 1 aliphatic rings. The number of rotatable bonds is 8. The second-order valence-corrected chi connectivity index (χ2v) is 9.11. The molecule has 3 heterocycles. The van der Waals surface area contributed by atoms with Crippen molar-refractivity contribution < 1.29 is 8.78 Å². The molecule has 0 bridgehead atoms. The van der Waals surface area contributed by atoms with Crippen LogP contribution in [-0.2, 0) is 13.0 Å². The zero-order valence-electron chi connectivity index (χ0n) is 19.7. The lowest BCUT2D eigenvalue weighted by atomic mass is 10.0. The highest BCUT2D eigenvalue weighted by Crippen LogP contribution is 2.37. The highest BCUT2D eigenvalue weighted by molar-refractivity contribution is 6.31. The maximum absolute atomic E-state index is 13.7. The first-order valence-corrected chi connectivity index (χ1v) is 12.0. The Bertz CT molecular complexity index is 1450. The highest BCUT2D eigenvalue weighted by Gasteiger charge is 2.27. The summed E-state index contributed by atoms with van der Waals surface area (Å²) in [5.74, 6) is 1.95. The Morgan fingerprint density at radius 3 is 2.58 bits per heavy atom. The predicted molar refractivity (Wildman–Crippen MR) is 132 cm³/mol. The molecule has 11 heteroatoms. The maximum Gasteiger partial charge on any atom is 0.282 e. The van der Waals surface area contributed by atoms with Crippen LogP contribution >= 0.6 is 11.6 Å². The number of aryl methyl sites for hydroxylation is 1. The molecule has 0 amide bonds. The topological polar surface area (TPSA) is 97.2 Å². The van der Waals surface area contributed by atoms with Crippen LogP contribution in [-0.4, -0.2) is 29.5 Å². The molecule has 0 atom stereocenters. The van der Waals surface area contributed by atoms with Gasteiger partial charge >= 0.3 is 0 Å². The number of hydrogen-bond donors (Lipinski definition) is 1. The summed E-state index contributed by atoms with van der Waals surface area (Å²) >= 11 is 6.07. The third kappa shape index (κ3) is 4.54. The van der Waals surface area contributed by atoms with Crippen molar-refractivity contribution in [2.24, 2.45) is 5.92 Å². The fourth-order valence-corrected chi connectivity index (χ4v) is 4.33. The van der Waals surface area contributed by atoms with E-state index in [0.29, 0.717) is 29.4 Å². The molecule has 4 aromatic rings. The van der Waals surface area contributed by atoms with Crippen LogP contribution in [0.2, 0.25) is 5.02 Å². The van der Waals surface area contributed by atoms with E-state index in [1.807, 2.05) is 23.7 Å². The van der Waals surface area contributed by atoms with Crippen LogP contribution < -0.4 is 5.32 Å². The van der Waals surface area contributed by atoms with Gasteiger partial charge in [-0.05, 0) is 44.2 Å². The van der Waals surface area contributed by atoms with Gasteiger partial charge in [-0.2, -0.15) is 15.5 Å². The number of halogens is 3. The van der Waals surface area contributed by atoms with Gasteiger partial charge < -0.3 is 5.32 Å². The normalized spacial score (nSPS) is 13.2. The molecule has 184 valence electrons. The van der Waals surface area contributed by atoms with Crippen LogP contribution in [0.3, 0.4) is 0 Å². The van der Waals surface area contributed by atoms with E-state index in [1.54, 1.807) is 25.1 Å². The average Bonchev–Trinajstić information content (AvgIpc) is 3.56. The Morgan fingerprint density at radius 2 is 1.94 bits per heavy atom. The molecular formula is C25H23ClF2N8. The van der Waals surface area contributed by atoms with Gasteiger partial charge in [0.15, 0.2) is 5.82 Å². The van der Waals surface area contributed by atoms with Gasteiger partial charge in [0.25, 0.3) is 6.43 Å². The van der Waals surface area contributed by atoms with E-state index in [2.05, 4.69) is 26.5 Å². The fraction of sp³-hybridized carbons (Fsp3) is 0.320. The first-order valence-electron chi connectivity index (χ1n) is 11.6. The fourth-order valence-electron chi connectivity index (χ4n) is 4.13. The highest BCUT2D eigenvalue weighted by atomic mass is 35.5. The molecule has 36 heavy (non-hydrogen) atoms. The summed E-state index contributed by atoms with van der Waals surface area (Å²) in [7, 11) is 0. The number of alkyl halides is 2. The Hall–Kier alpha value is -3.84. The molecule has 0 radical (unpaired) electrons. The lowest BCUT2D eigenvalue weighted by Crippen LogP contribution is -2.10. The van der Waals surface area contributed by atoms with Crippen LogP contribution in [0.15, 0.2) is 36.7 Å². The van der Waals surface area contributed by atoms with Crippen LogP contribution in [0.1, 0.15) is 48.7 Å². The predicted octanol–water partition coefficient (Wildman–Crippen LogP) is 6.01. The number of hydrogen-bond acceptors (Lipinski definition) is 6.